The van der Waals surface area contributed by atoms with Crippen LogP contribution in [0.1, 0.15) is 41.0 Å². The van der Waals surface area contributed by atoms with E-state index in [1.165, 1.54) is 19.9 Å². The number of aryl methyl sites for hydroxylation is 1. The SMILES string of the molecule is Cc1cccc(NC(=O)c2cc(Cl)c(C3(C)CS(=O)(=O)C(C)(C)C(N)=N3)s2)n1. The number of carbonyl (C=O) groups is 1. The number of aromatic nitrogens is 1. The maximum Gasteiger partial charge on any atom is 0.266 e. The molecule has 1 atom stereocenters. The zero-order valence-corrected chi connectivity index (χ0v) is 18.3. The van der Waals surface area contributed by atoms with Crippen molar-refractivity contribution in [2.45, 2.75) is 38.0 Å². The molecular formula is C18H21ClN4O3S2. The molecule has 0 spiro atoms. The van der Waals surface area contributed by atoms with E-state index in [1.54, 1.807) is 19.1 Å². The zero-order chi connectivity index (χ0) is 20.9. The van der Waals surface area contributed by atoms with Crippen LogP contribution in [0.2, 0.25) is 5.02 Å². The Balaban J connectivity index is 1.96. The van der Waals surface area contributed by atoms with Crippen LogP contribution >= 0.6 is 22.9 Å². The van der Waals surface area contributed by atoms with Crippen LogP contribution in [0.3, 0.4) is 0 Å². The number of anilines is 1. The molecule has 0 radical (unpaired) electrons. The molecule has 10 heteroatoms. The largest absolute Gasteiger partial charge is 0.386 e. The lowest BCUT2D eigenvalue weighted by Gasteiger charge is -2.37. The highest BCUT2D eigenvalue weighted by atomic mass is 35.5. The molecule has 1 aliphatic rings. The summed E-state index contributed by atoms with van der Waals surface area (Å²) < 4.78 is 24.2. The summed E-state index contributed by atoms with van der Waals surface area (Å²) in [6.45, 7) is 6.55. The van der Waals surface area contributed by atoms with Gasteiger partial charge in [-0.25, -0.2) is 13.4 Å². The zero-order valence-electron chi connectivity index (χ0n) is 15.9. The summed E-state index contributed by atoms with van der Waals surface area (Å²) in [5, 5.41) is 3.00. The normalized spacial score (nSPS) is 23.1. The first-order valence-corrected chi connectivity index (χ1v) is 11.3. The fourth-order valence-electron chi connectivity index (χ4n) is 2.90. The number of amidine groups is 1. The van der Waals surface area contributed by atoms with Gasteiger partial charge in [-0.2, -0.15) is 0 Å². The predicted molar refractivity (Wildman–Crippen MR) is 113 cm³/mol. The third-order valence-electron chi connectivity index (χ3n) is 4.76. The van der Waals surface area contributed by atoms with Gasteiger partial charge in [-0.15, -0.1) is 11.3 Å². The minimum Gasteiger partial charge on any atom is -0.386 e. The number of rotatable bonds is 3. The molecule has 3 heterocycles. The van der Waals surface area contributed by atoms with Gasteiger partial charge in [0.25, 0.3) is 5.91 Å². The average Bonchev–Trinajstić information content (AvgIpc) is 2.96. The van der Waals surface area contributed by atoms with Gasteiger partial charge in [0.15, 0.2) is 9.84 Å². The molecule has 0 fully saturated rings. The lowest BCUT2D eigenvalue weighted by molar-refractivity contribution is 0.103. The second-order valence-corrected chi connectivity index (χ2v) is 11.4. The average molecular weight is 441 g/mol. The molecule has 28 heavy (non-hydrogen) atoms. The number of aliphatic imine (C=N–C) groups is 1. The molecule has 1 aliphatic heterocycles. The Morgan fingerprint density at radius 2 is 2.00 bits per heavy atom. The molecule has 7 nitrogen and oxygen atoms in total. The first-order valence-electron chi connectivity index (χ1n) is 8.49. The monoisotopic (exact) mass is 440 g/mol. The summed E-state index contributed by atoms with van der Waals surface area (Å²) in [4.78, 5) is 22.1. The molecule has 150 valence electrons. The Kier molecular flexibility index (Phi) is 5.06. The third-order valence-corrected chi connectivity index (χ3v) is 9.27. The van der Waals surface area contributed by atoms with Gasteiger partial charge < -0.3 is 11.1 Å². The Bertz CT molecular complexity index is 1090. The van der Waals surface area contributed by atoms with Crippen LogP contribution in [0.25, 0.3) is 0 Å². The van der Waals surface area contributed by atoms with Gasteiger partial charge in [-0.1, -0.05) is 17.7 Å². The number of hydrogen-bond acceptors (Lipinski definition) is 7. The van der Waals surface area contributed by atoms with E-state index >= 15 is 0 Å². The first kappa shape index (κ1) is 20.8. The summed E-state index contributed by atoms with van der Waals surface area (Å²) >= 11 is 7.46. The van der Waals surface area contributed by atoms with E-state index in [-0.39, 0.29) is 22.5 Å². The number of pyridine rings is 1. The smallest absolute Gasteiger partial charge is 0.266 e. The van der Waals surface area contributed by atoms with E-state index in [0.29, 0.717) is 15.6 Å². The highest BCUT2D eigenvalue weighted by molar-refractivity contribution is 7.93. The molecule has 0 aromatic carbocycles. The number of carbonyl (C=O) groups excluding carboxylic acids is 1. The van der Waals surface area contributed by atoms with Crippen molar-refractivity contribution in [2.75, 3.05) is 11.1 Å². The second-order valence-electron chi connectivity index (χ2n) is 7.45. The summed E-state index contributed by atoms with van der Waals surface area (Å²) in [5.74, 6) is -0.169. The van der Waals surface area contributed by atoms with Crippen molar-refractivity contribution in [3.63, 3.8) is 0 Å². The summed E-state index contributed by atoms with van der Waals surface area (Å²) in [6, 6.07) is 6.81. The van der Waals surface area contributed by atoms with Crippen LogP contribution in [0.15, 0.2) is 29.3 Å². The molecule has 2 aromatic heterocycles. The van der Waals surface area contributed by atoms with Gasteiger partial charge in [-0.3, -0.25) is 9.79 Å². The minimum atomic E-state index is -3.57. The van der Waals surface area contributed by atoms with Crippen LogP contribution in [0, 0.1) is 6.92 Å². The fourth-order valence-corrected chi connectivity index (χ4v) is 6.19. The lowest BCUT2D eigenvalue weighted by Crippen LogP contribution is -2.54. The van der Waals surface area contributed by atoms with Crippen LogP contribution < -0.4 is 11.1 Å². The molecule has 0 saturated carbocycles. The van der Waals surface area contributed by atoms with E-state index in [2.05, 4.69) is 15.3 Å². The second kappa shape index (κ2) is 6.82. The summed E-state index contributed by atoms with van der Waals surface area (Å²) in [7, 11) is -3.57. The van der Waals surface area contributed by atoms with E-state index in [9.17, 15) is 13.2 Å². The Labute approximate surface area is 173 Å². The van der Waals surface area contributed by atoms with Crippen molar-refractivity contribution >= 4 is 50.3 Å². The number of hydrogen-bond donors (Lipinski definition) is 2. The molecule has 3 rings (SSSR count). The summed E-state index contributed by atoms with van der Waals surface area (Å²) in [6.07, 6.45) is 0. The van der Waals surface area contributed by atoms with E-state index in [1.807, 2.05) is 13.0 Å². The minimum absolute atomic E-state index is 0.0284. The maximum absolute atomic E-state index is 12.7. The number of sulfone groups is 1. The van der Waals surface area contributed by atoms with Gasteiger partial charge in [0, 0.05) is 5.69 Å². The summed E-state index contributed by atoms with van der Waals surface area (Å²) in [5.41, 5.74) is 5.60. The highest BCUT2D eigenvalue weighted by Gasteiger charge is 2.50. The van der Waals surface area contributed by atoms with E-state index in [0.717, 1.165) is 17.0 Å². The number of nitrogens with one attached hydrogen (secondary N) is 1. The number of nitrogens with zero attached hydrogens (tertiary/aromatic N) is 2. The Morgan fingerprint density at radius 1 is 1.32 bits per heavy atom. The predicted octanol–water partition coefficient (Wildman–Crippen LogP) is 3.14. The van der Waals surface area contributed by atoms with E-state index < -0.39 is 20.1 Å². The van der Waals surface area contributed by atoms with Crippen molar-refractivity contribution in [1.82, 2.24) is 4.98 Å². The molecule has 0 bridgehead atoms. The van der Waals surface area contributed by atoms with Crippen molar-refractivity contribution in [3.8, 4) is 0 Å². The van der Waals surface area contributed by atoms with Crippen molar-refractivity contribution in [1.29, 1.82) is 0 Å². The molecule has 1 unspecified atom stereocenters. The van der Waals surface area contributed by atoms with Crippen LogP contribution in [-0.4, -0.2) is 35.6 Å². The molecule has 1 amide bonds. The van der Waals surface area contributed by atoms with Gasteiger partial charge in [0.2, 0.25) is 0 Å². The Hall–Kier alpha value is -1.97. The quantitative estimate of drug-likeness (QED) is 0.760. The number of halogens is 1. The van der Waals surface area contributed by atoms with Gasteiger partial charge in [-0.05, 0) is 45.9 Å². The molecular weight excluding hydrogens is 420 g/mol. The van der Waals surface area contributed by atoms with Crippen molar-refractivity contribution < 1.29 is 13.2 Å². The van der Waals surface area contributed by atoms with Crippen molar-refractivity contribution in [2.24, 2.45) is 10.7 Å². The standard InChI is InChI=1S/C18H21ClN4O3S2/c1-10-6-5-7-13(21-10)22-15(24)12-8-11(19)14(27-12)18(4)9-28(25,26)17(2,3)16(20)23-18/h5-8H,9H2,1-4H3,(H2,20,23)(H,21,22,24). The van der Waals surface area contributed by atoms with Crippen LogP contribution in [0.4, 0.5) is 5.82 Å². The lowest BCUT2D eigenvalue weighted by atomic mass is 10.0. The molecule has 2 aromatic rings. The molecule has 0 saturated heterocycles. The highest BCUT2D eigenvalue weighted by Crippen LogP contribution is 2.43. The number of nitrogens with two attached hydrogens (primary N) is 1. The van der Waals surface area contributed by atoms with Gasteiger partial charge >= 0.3 is 0 Å². The topological polar surface area (TPSA) is 115 Å². The Morgan fingerprint density at radius 3 is 2.61 bits per heavy atom. The maximum atomic E-state index is 12.7. The van der Waals surface area contributed by atoms with Gasteiger partial charge in [0.1, 0.15) is 21.9 Å². The van der Waals surface area contributed by atoms with E-state index in [4.69, 9.17) is 17.3 Å². The van der Waals surface area contributed by atoms with Crippen LogP contribution in [0.5, 0.6) is 0 Å². The van der Waals surface area contributed by atoms with Crippen molar-refractivity contribution in [3.05, 3.63) is 44.7 Å². The fraction of sp³-hybridized carbons (Fsp3) is 0.389. The molecule has 3 N–H and O–H groups in total. The molecule has 0 aliphatic carbocycles. The van der Waals surface area contributed by atoms with Crippen LogP contribution in [-0.2, 0) is 15.4 Å². The number of thiophene rings is 1. The number of amides is 1. The third kappa shape index (κ3) is 3.54. The van der Waals surface area contributed by atoms with Gasteiger partial charge in [0.05, 0.1) is 20.5 Å². The first-order chi connectivity index (χ1) is 12.9.